The number of hydrogen-bond donors (Lipinski definition) is 1. The van der Waals surface area contributed by atoms with Gasteiger partial charge in [0.1, 0.15) is 0 Å². The van der Waals surface area contributed by atoms with Crippen LogP contribution in [0.25, 0.3) is 0 Å². The molecule has 2 amide bonds. The molecular formula is C19H27N3O4S. The van der Waals surface area contributed by atoms with Crippen molar-refractivity contribution in [3.8, 4) is 0 Å². The van der Waals surface area contributed by atoms with Gasteiger partial charge in [0, 0.05) is 39.0 Å². The van der Waals surface area contributed by atoms with Crippen LogP contribution in [0.3, 0.4) is 0 Å². The van der Waals surface area contributed by atoms with E-state index >= 15 is 0 Å². The second kappa shape index (κ2) is 8.08. The number of carbonyl (C=O) groups excluding carboxylic acids is 2. The average molecular weight is 394 g/mol. The van der Waals surface area contributed by atoms with Crippen molar-refractivity contribution in [2.75, 3.05) is 31.1 Å². The van der Waals surface area contributed by atoms with Crippen LogP contribution in [0.2, 0.25) is 0 Å². The fourth-order valence-corrected chi connectivity index (χ4v) is 5.06. The number of anilines is 1. The molecule has 7 nitrogen and oxygen atoms in total. The summed E-state index contributed by atoms with van der Waals surface area (Å²) in [6, 6.07) is 5.87. The monoisotopic (exact) mass is 393 g/mol. The Bertz CT molecular complexity index is 781. The number of rotatable bonds is 6. The summed E-state index contributed by atoms with van der Waals surface area (Å²) < 4.78 is 27.6. The largest absolute Gasteiger partial charge is 0.302 e. The van der Waals surface area contributed by atoms with Gasteiger partial charge in [-0.15, -0.1) is 0 Å². The van der Waals surface area contributed by atoms with Gasteiger partial charge in [-0.25, -0.2) is 13.1 Å². The third-order valence-electron chi connectivity index (χ3n) is 5.12. The number of likely N-dealkylation sites (tertiary alicyclic amines) is 1. The zero-order valence-electron chi connectivity index (χ0n) is 15.8. The summed E-state index contributed by atoms with van der Waals surface area (Å²) in [5.74, 6) is 0.764. The van der Waals surface area contributed by atoms with Crippen LogP contribution in [0.5, 0.6) is 0 Å². The minimum atomic E-state index is -3.62. The zero-order chi connectivity index (χ0) is 19.6. The van der Waals surface area contributed by atoms with E-state index in [1.807, 2.05) is 0 Å². The molecule has 0 bridgehead atoms. The van der Waals surface area contributed by atoms with Crippen molar-refractivity contribution < 1.29 is 18.0 Å². The van der Waals surface area contributed by atoms with Crippen molar-refractivity contribution in [1.29, 1.82) is 0 Å². The Hall–Kier alpha value is -1.77. The van der Waals surface area contributed by atoms with E-state index < -0.39 is 10.0 Å². The smallest absolute Gasteiger partial charge is 0.240 e. The lowest BCUT2D eigenvalue weighted by Gasteiger charge is -2.34. The van der Waals surface area contributed by atoms with Gasteiger partial charge in [-0.05, 0) is 42.5 Å². The van der Waals surface area contributed by atoms with Crippen LogP contribution in [-0.2, 0) is 19.6 Å². The maximum Gasteiger partial charge on any atom is 0.240 e. The molecule has 0 aliphatic carbocycles. The summed E-state index contributed by atoms with van der Waals surface area (Å²) in [5.41, 5.74) is 0.415. The van der Waals surface area contributed by atoms with Crippen LogP contribution >= 0.6 is 0 Å². The lowest BCUT2D eigenvalue weighted by atomic mass is 9.92. The molecule has 2 aliphatic heterocycles. The van der Waals surface area contributed by atoms with Gasteiger partial charge in [-0.3, -0.25) is 14.5 Å². The zero-order valence-corrected chi connectivity index (χ0v) is 16.7. The third-order valence-corrected chi connectivity index (χ3v) is 6.60. The summed E-state index contributed by atoms with van der Waals surface area (Å²) in [4.78, 5) is 27.1. The average Bonchev–Trinajstić information content (AvgIpc) is 2.92. The fourth-order valence-electron chi connectivity index (χ4n) is 4.03. The standard InChI is InChI=1S/C19H27N3O4S/c1-14-11-15(2)13-21(12-14)10-9-20-27(25,26)17-5-3-16(4-6-17)22-18(23)7-8-19(22)24/h3-6,14-15,20H,7-13H2,1-2H3/t14-,15+. The number of nitrogens with zero attached hydrogens (tertiary/aromatic N) is 2. The van der Waals surface area contributed by atoms with Crippen molar-refractivity contribution in [3.05, 3.63) is 24.3 Å². The Morgan fingerprint density at radius 2 is 1.56 bits per heavy atom. The van der Waals surface area contributed by atoms with E-state index in [1.54, 1.807) is 0 Å². The normalized spacial score (nSPS) is 24.6. The first-order chi connectivity index (χ1) is 12.8. The van der Waals surface area contributed by atoms with Gasteiger partial charge >= 0.3 is 0 Å². The second-order valence-electron chi connectivity index (χ2n) is 7.72. The number of carbonyl (C=O) groups is 2. The van der Waals surface area contributed by atoms with Crippen LogP contribution in [0, 0.1) is 11.8 Å². The quantitative estimate of drug-likeness (QED) is 0.742. The molecule has 2 saturated heterocycles. The van der Waals surface area contributed by atoms with E-state index in [0.717, 1.165) is 18.0 Å². The molecule has 2 atom stereocenters. The molecule has 0 saturated carbocycles. The van der Waals surface area contributed by atoms with Crippen molar-refractivity contribution in [1.82, 2.24) is 9.62 Å². The minimum Gasteiger partial charge on any atom is -0.302 e. The molecule has 0 unspecified atom stereocenters. The molecule has 1 aromatic rings. The van der Waals surface area contributed by atoms with Crippen molar-refractivity contribution in [2.24, 2.45) is 11.8 Å². The van der Waals surface area contributed by atoms with Gasteiger partial charge in [-0.2, -0.15) is 0 Å². The van der Waals surface area contributed by atoms with Crippen molar-refractivity contribution in [2.45, 2.75) is 38.0 Å². The van der Waals surface area contributed by atoms with E-state index in [2.05, 4.69) is 23.5 Å². The number of hydrogen-bond acceptors (Lipinski definition) is 5. The van der Waals surface area contributed by atoms with Gasteiger partial charge in [-0.1, -0.05) is 13.8 Å². The number of nitrogens with one attached hydrogen (secondary N) is 1. The predicted molar refractivity (Wildman–Crippen MR) is 103 cm³/mol. The highest BCUT2D eigenvalue weighted by Gasteiger charge is 2.30. The molecule has 0 spiro atoms. The minimum absolute atomic E-state index is 0.130. The van der Waals surface area contributed by atoms with Crippen molar-refractivity contribution >= 4 is 27.5 Å². The van der Waals surface area contributed by atoms with E-state index in [9.17, 15) is 18.0 Å². The summed E-state index contributed by atoms with van der Waals surface area (Å²) in [6.07, 6.45) is 1.62. The molecule has 8 heteroatoms. The molecular weight excluding hydrogens is 366 g/mol. The van der Waals surface area contributed by atoms with Gasteiger partial charge in [0.25, 0.3) is 0 Å². The number of imide groups is 1. The third kappa shape index (κ3) is 4.75. The highest BCUT2D eigenvalue weighted by atomic mass is 32.2. The Labute approximate surface area is 160 Å². The maximum atomic E-state index is 12.5. The van der Waals surface area contributed by atoms with E-state index in [1.165, 1.54) is 30.7 Å². The first-order valence-corrected chi connectivity index (χ1v) is 10.9. The van der Waals surface area contributed by atoms with E-state index in [-0.39, 0.29) is 29.6 Å². The fraction of sp³-hybridized carbons (Fsp3) is 0.579. The molecule has 2 fully saturated rings. The van der Waals surface area contributed by atoms with Gasteiger partial charge in [0.2, 0.25) is 21.8 Å². The molecule has 0 radical (unpaired) electrons. The maximum absolute atomic E-state index is 12.5. The van der Waals surface area contributed by atoms with Crippen LogP contribution < -0.4 is 9.62 Å². The van der Waals surface area contributed by atoms with Gasteiger partial charge in [0.15, 0.2) is 0 Å². The molecule has 27 heavy (non-hydrogen) atoms. The Morgan fingerprint density at radius 3 is 2.11 bits per heavy atom. The van der Waals surface area contributed by atoms with Crippen LogP contribution in [-0.4, -0.2) is 51.3 Å². The molecule has 3 rings (SSSR count). The molecule has 2 heterocycles. The number of amides is 2. The Kier molecular flexibility index (Phi) is 5.98. The van der Waals surface area contributed by atoms with Crippen molar-refractivity contribution in [3.63, 3.8) is 0 Å². The first kappa shape index (κ1) is 20.0. The molecule has 0 aromatic heterocycles. The number of piperidine rings is 1. The predicted octanol–water partition coefficient (Wildman–Crippen LogP) is 1.60. The number of sulfonamides is 1. The topological polar surface area (TPSA) is 86.8 Å². The first-order valence-electron chi connectivity index (χ1n) is 9.44. The van der Waals surface area contributed by atoms with Gasteiger partial charge in [0.05, 0.1) is 10.6 Å². The van der Waals surface area contributed by atoms with Gasteiger partial charge < -0.3 is 4.90 Å². The second-order valence-corrected chi connectivity index (χ2v) is 9.49. The van der Waals surface area contributed by atoms with E-state index in [0.29, 0.717) is 30.6 Å². The van der Waals surface area contributed by atoms with Crippen LogP contribution in [0.15, 0.2) is 29.2 Å². The SMILES string of the molecule is C[C@@H]1C[C@H](C)CN(CCNS(=O)(=O)c2ccc(N3C(=O)CCC3=O)cc2)C1. The highest BCUT2D eigenvalue weighted by Crippen LogP contribution is 2.24. The summed E-state index contributed by atoms with van der Waals surface area (Å²) in [5, 5.41) is 0. The van der Waals surface area contributed by atoms with Crippen LogP contribution in [0.4, 0.5) is 5.69 Å². The highest BCUT2D eigenvalue weighted by molar-refractivity contribution is 7.89. The molecule has 2 aliphatic rings. The molecule has 1 N–H and O–H groups in total. The lowest BCUT2D eigenvalue weighted by molar-refractivity contribution is -0.121. The molecule has 1 aromatic carbocycles. The Morgan fingerprint density at radius 1 is 1.00 bits per heavy atom. The van der Waals surface area contributed by atoms with Crippen LogP contribution in [0.1, 0.15) is 33.1 Å². The molecule has 148 valence electrons. The summed E-state index contributed by atoms with van der Waals surface area (Å²) >= 11 is 0. The summed E-state index contributed by atoms with van der Waals surface area (Å²) in [7, 11) is -3.62. The lowest BCUT2D eigenvalue weighted by Crippen LogP contribution is -2.42. The Balaban J connectivity index is 1.58. The number of benzene rings is 1. The summed E-state index contributed by atoms with van der Waals surface area (Å²) in [6.45, 7) is 7.49. The van der Waals surface area contributed by atoms with E-state index in [4.69, 9.17) is 0 Å².